The SMILES string of the molecule is CC1=CC(=CC2=CC(C)=[Se]C(C)=C2)C=C(C)O1. The van der Waals surface area contributed by atoms with Crippen LogP contribution in [0, 0.1) is 0 Å². The number of rotatable bonds is 1. The van der Waals surface area contributed by atoms with Gasteiger partial charge in [0.15, 0.2) is 0 Å². The van der Waals surface area contributed by atoms with Crippen LogP contribution in [0.25, 0.3) is 0 Å². The predicted octanol–water partition coefficient (Wildman–Crippen LogP) is 3.49. The van der Waals surface area contributed by atoms with Crippen LogP contribution in [0.3, 0.4) is 0 Å². The van der Waals surface area contributed by atoms with E-state index < -0.39 is 0 Å². The fourth-order valence-electron chi connectivity index (χ4n) is 2.01. The monoisotopic (exact) mass is 293 g/mol. The molecule has 2 aliphatic rings. The topological polar surface area (TPSA) is 9.23 Å². The van der Waals surface area contributed by atoms with Crippen LogP contribution in [-0.2, 0) is 4.74 Å². The zero-order valence-electron chi connectivity index (χ0n) is 10.7. The average molecular weight is 292 g/mol. The Balaban J connectivity index is 2.33. The molecular weight excluding hydrogens is 275 g/mol. The summed E-state index contributed by atoms with van der Waals surface area (Å²) in [6.07, 6.45) is 10.9. The van der Waals surface area contributed by atoms with Crippen LogP contribution in [0.5, 0.6) is 0 Å². The van der Waals surface area contributed by atoms with Gasteiger partial charge in [0.25, 0.3) is 0 Å². The van der Waals surface area contributed by atoms with Gasteiger partial charge in [0.1, 0.15) is 0 Å². The van der Waals surface area contributed by atoms with E-state index in [0.29, 0.717) is 14.5 Å². The minimum absolute atomic E-state index is 0.551. The second kappa shape index (κ2) is 5.03. The van der Waals surface area contributed by atoms with Gasteiger partial charge in [-0.1, -0.05) is 0 Å². The Labute approximate surface area is 109 Å². The maximum absolute atomic E-state index is 5.49. The zero-order chi connectivity index (χ0) is 12.4. The molecule has 2 rings (SSSR count). The van der Waals surface area contributed by atoms with Crippen molar-refractivity contribution in [1.82, 2.24) is 0 Å². The number of hydrogen-bond donors (Lipinski definition) is 0. The molecule has 0 saturated carbocycles. The van der Waals surface area contributed by atoms with Gasteiger partial charge >= 0.3 is 109 Å². The third kappa shape index (κ3) is 3.42. The Kier molecular flexibility index (Phi) is 3.66. The first-order valence-electron chi connectivity index (χ1n) is 5.70. The molecule has 89 valence electrons. The molecule has 0 spiro atoms. The second-order valence-electron chi connectivity index (χ2n) is 4.37. The molecule has 0 aromatic carbocycles. The van der Waals surface area contributed by atoms with Crippen LogP contribution >= 0.6 is 0 Å². The summed E-state index contributed by atoms with van der Waals surface area (Å²) in [6.45, 7) is 8.39. The van der Waals surface area contributed by atoms with Crippen LogP contribution < -0.4 is 0 Å². The maximum atomic E-state index is 5.49. The summed E-state index contributed by atoms with van der Waals surface area (Å²) in [4.78, 5) is 0. The van der Waals surface area contributed by atoms with Crippen molar-refractivity contribution >= 4 is 18.9 Å². The first-order chi connectivity index (χ1) is 8.02. The van der Waals surface area contributed by atoms with E-state index in [2.05, 4.69) is 44.2 Å². The van der Waals surface area contributed by atoms with Crippen molar-refractivity contribution in [3.05, 3.63) is 57.5 Å². The number of ether oxygens (including phenoxy) is 1. The Hall–Kier alpha value is -1.11. The summed E-state index contributed by atoms with van der Waals surface area (Å²) in [6, 6.07) is 0. The fraction of sp³-hybridized carbons (Fsp3) is 0.267. The van der Waals surface area contributed by atoms with Gasteiger partial charge < -0.3 is 0 Å². The molecule has 0 atom stereocenters. The summed E-state index contributed by atoms with van der Waals surface area (Å²) in [7, 11) is 0. The standard InChI is InChI=1S/C15H17OSe/c1-10-5-14(6-11(2)16-10)9-15-7-12(3)17-13(4)8-15/h5-9H,1-4H3. The van der Waals surface area contributed by atoms with Crippen LogP contribution in [0.4, 0.5) is 0 Å². The molecule has 0 aliphatic carbocycles. The van der Waals surface area contributed by atoms with E-state index in [1.165, 1.54) is 20.0 Å². The van der Waals surface area contributed by atoms with Crippen LogP contribution in [0.15, 0.2) is 57.5 Å². The fourth-order valence-corrected chi connectivity index (χ4v) is 3.89. The van der Waals surface area contributed by atoms with Crippen molar-refractivity contribution in [3.8, 4) is 0 Å². The Bertz CT molecular complexity index is 502. The first-order valence-corrected chi connectivity index (χ1v) is 7.42. The van der Waals surface area contributed by atoms with Crippen molar-refractivity contribution in [2.24, 2.45) is 0 Å². The molecule has 2 heteroatoms. The average Bonchev–Trinajstić information content (AvgIpc) is 2.13. The molecule has 2 aliphatic heterocycles. The van der Waals surface area contributed by atoms with E-state index in [4.69, 9.17) is 4.74 Å². The molecule has 0 bridgehead atoms. The van der Waals surface area contributed by atoms with E-state index in [1.54, 1.807) is 0 Å². The van der Waals surface area contributed by atoms with Crippen LogP contribution in [-0.4, -0.2) is 18.9 Å². The Morgan fingerprint density at radius 2 is 1.59 bits per heavy atom. The predicted molar refractivity (Wildman–Crippen MR) is 75.0 cm³/mol. The van der Waals surface area contributed by atoms with Crippen molar-refractivity contribution in [3.63, 3.8) is 0 Å². The Morgan fingerprint density at radius 3 is 2.18 bits per heavy atom. The molecule has 0 aromatic heterocycles. The van der Waals surface area contributed by atoms with Gasteiger partial charge in [-0.2, -0.15) is 0 Å². The van der Waals surface area contributed by atoms with Gasteiger partial charge in [-0.25, -0.2) is 0 Å². The quantitative estimate of drug-likeness (QED) is 0.672. The van der Waals surface area contributed by atoms with Gasteiger partial charge in [0.05, 0.1) is 0 Å². The molecule has 0 N–H and O–H groups in total. The molecule has 2 heterocycles. The Morgan fingerprint density at radius 1 is 0.941 bits per heavy atom. The van der Waals surface area contributed by atoms with Gasteiger partial charge in [-0.3, -0.25) is 0 Å². The van der Waals surface area contributed by atoms with Gasteiger partial charge in [-0.15, -0.1) is 0 Å². The molecular formula is C15H17OSe. The first kappa shape index (κ1) is 12.3. The second-order valence-corrected chi connectivity index (χ2v) is 7.50. The minimum atomic E-state index is 0.551. The van der Waals surface area contributed by atoms with Crippen molar-refractivity contribution < 1.29 is 4.74 Å². The third-order valence-corrected chi connectivity index (χ3v) is 4.30. The van der Waals surface area contributed by atoms with Crippen molar-refractivity contribution in [2.75, 3.05) is 0 Å². The van der Waals surface area contributed by atoms with E-state index in [1.807, 2.05) is 13.8 Å². The summed E-state index contributed by atoms with van der Waals surface area (Å²) in [5.41, 5.74) is 2.50. The zero-order valence-corrected chi connectivity index (χ0v) is 12.4. The van der Waals surface area contributed by atoms with Crippen LogP contribution in [0.1, 0.15) is 27.7 Å². The molecule has 1 nitrogen and oxygen atoms in total. The van der Waals surface area contributed by atoms with E-state index >= 15 is 0 Å². The number of allylic oxidation sites excluding steroid dienone is 10. The molecule has 17 heavy (non-hydrogen) atoms. The molecule has 0 fully saturated rings. The number of hydrogen-bond acceptors (Lipinski definition) is 1. The molecule has 0 saturated heterocycles. The van der Waals surface area contributed by atoms with Gasteiger partial charge in [0.2, 0.25) is 0 Å². The van der Waals surface area contributed by atoms with Gasteiger partial charge in [-0.05, 0) is 0 Å². The molecule has 1 radical (unpaired) electrons. The summed E-state index contributed by atoms with van der Waals surface area (Å²) < 4.78 is 8.46. The van der Waals surface area contributed by atoms with Crippen LogP contribution in [0.2, 0.25) is 0 Å². The molecule has 0 amide bonds. The van der Waals surface area contributed by atoms with E-state index in [9.17, 15) is 0 Å². The van der Waals surface area contributed by atoms with E-state index in [-0.39, 0.29) is 0 Å². The summed E-state index contributed by atoms with van der Waals surface area (Å²) >= 11 is 0.551. The van der Waals surface area contributed by atoms with Crippen molar-refractivity contribution in [2.45, 2.75) is 27.7 Å². The summed E-state index contributed by atoms with van der Waals surface area (Å²) in [5, 5.41) is 0. The summed E-state index contributed by atoms with van der Waals surface area (Å²) in [5.74, 6) is 1.91. The molecule has 0 aromatic rings. The third-order valence-electron chi connectivity index (χ3n) is 2.46. The molecule has 0 unspecified atom stereocenters. The normalized spacial score (nSPS) is 19.5. The van der Waals surface area contributed by atoms with Crippen molar-refractivity contribution in [1.29, 1.82) is 0 Å². The van der Waals surface area contributed by atoms with E-state index in [0.717, 1.165) is 11.5 Å². The van der Waals surface area contributed by atoms with Gasteiger partial charge in [0, 0.05) is 0 Å².